The maximum Gasteiger partial charge on any atom is 0.240 e. The van der Waals surface area contributed by atoms with E-state index in [9.17, 15) is 9.59 Å². The average molecular weight is 382 g/mol. The van der Waals surface area contributed by atoms with E-state index in [4.69, 9.17) is 5.73 Å². The van der Waals surface area contributed by atoms with Crippen molar-refractivity contribution in [1.29, 1.82) is 0 Å². The standard InChI is InChI=1S/C25H22N2O2/c26-25(29)23(15-17-9-11-19-5-1-3-7-21(19)13-17)27-24(28)16-18-10-12-20-6-2-4-8-22(20)14-18/h1-14,23H,15-16H2,(H2,26,29)(H,27,28)/t23-/m1/s1. The van der Waals surface area contributed by atoms with E-state index in [1.807, 2.05) is 84.9 Å². The van der Waals surface area contributed by atoms with Gasteiger partial charge in [0, 0.05) is 6.42 Å². The van der Waals surface area contributed by atoms with E-state index in [2.05, 4.69) is 5.32 Å². The number of hydrogen-bond acceptors (Lipinski definition) is 2. The van der Waals surface area contributed by atoms with Crippen LogP contribution in [0.15, 0.2) is 84.9 Å². The number of benzene rings is 4. The molecule has 0 radical (unpaired) electrons. The summed E-state index contributed by atoms with van der Waals surface area (Å²) >= 11 is 0. The molecule has 0 spiro atoms. The molecule has 4 aromatic carbocycles. The van der Waals surface area contributed by atoms with Gasteiger partial charge in [0.2, 0.25) is 11.8 Å². The summed E-state index contributed by atoms with van der Waals surface area (Å²) in [7, 11) is 0. The number of carbonyl (C=O) groups is 2. The van der Waals surface area contributed by atoms with Crippen LogP contribution < -0.4 is 11.1 Å². The summed E-state index contributed by atoms with van der Waals surface area (Å²) in [6, 6.07) is 27.2. The fraction of sp³-hybridized carbons (Fsp3) is 0.120. The van der Waals surface area contributed by atoms with Gasteiger partial charge in [-0.2, -0.15) is 0 Å². The number of amides is 2. The van der Waals surface area contributed by atoms with Gasteiger partial charge < -0.3 is 11.1 Å². The Morgan fingerprint density at radius 1 is 0.724 bits per heavy atom. The van der Waals surface area contributed by atoms with E-state index in [0.29, 0.717) is 6.42 Å². The van der Waals surface area contributed by atoms with Crippen molar-refractivity contribution >= 4 is 33.4 Å². The highest BCUT2D eigenvalue weighted by molar-refractivity contribution is 5.89. The summed E-state index contributed by atoms with van der Waals surface area (Å²) in [5.41, 5.74) is 7.41. The van der Waals surface area contributed by atoms with Crippen LogP contribution in [0.2, 0.25) is 0 Å². The molecule has 0 unspecified atom stereocenters. The van der Waals surface area contributed by atoms with Crippen molar-refractivity contribution in [3.63, 3.8) is 0 Å². The summed E-state index contributed by atoms with van der Waals surface area (Å²) < 4.78 is 0. The molecule has 0 bridgehead atoms. The zero-order valence-corrected chi connectivity index (χ0v) is 16.0. The lowest BCUT2D eigenvalue weighted by atomic mass is 10.0. The summed E-state index contributed by atoms with van der Waals surface area (Å²) in [6.07, 6.45) is 0.565. The Bertz CT molecular complexity index is 1200. The highest BCUT2D eigenvalue weighted by Crippen LogP contribution is 2.18. The largest absolute Gasteiger partial charge is 0.368 e. The minimum atomic E-state index is -0.746. The van der Waals surface area contributed by atoms with Gasteiger partial charge in [0.05, 0.1) is 6.42 Å². The summed E-state index contributed by atoms with van der Waals surface area (Å²) in [5.74, 6) is -0.755. The molecule has 0 fully saturated rings. The Balaban J connectivity index is 1.46. The topological polar surface area (TPSA) is 72.2 Å². The van der Waals surface area contributed by atoms with Gasteiger partial charge in [-0.25, -0.2) is 0 Å². The summed E-state index contributed by atoms with van der Waals surface area (Å²) in [6.45, 7) is 0. The predicted molar refractivity (Wildman–Crippen MR) is 116 cm³/mol. The van der Waals surface area contributed by atoms with Crippen LogP contribution in [0.4, 0.5) is 0 Å². The van der Waals surface area contributed by atoms with E-state index in [1.165, 1.54) is 0 Å². The highest BCUT2D eigenvalue weighted by atomic mass is 16.2. The molecule has 0 aliphatic rings. The van der Waals surface area contributed by atoms with Gasteiger partial charge >= 0.3 is 0 Å². The maximum atomic E-state index is 12.5. The van der Waals surface area contributed by atoms with E-state index < -0.39 is 11.9 Å². The van der Waals surface area contributed by atoms with Gasteiger partial charge in [-0.15, -0.1) is 0 Å². The Labute approximate surface area is 169 Å². The van der Waals surface area contributed by atoms with Gasteiger partial charge in [-0.3, -0.25) is 9.59 Å². The first-order valence-corrected chi connectivity index (χ1v) is 9.62. The molecule has 0 heterocycles. The number of nitrogens with two attached hydrogens (primary N) is 1. The minimum Gasteiger partial charge on any atom is -0.368 e. The lowest BCUT2D eigenvalue weighted by molar-refractivity contribution is -0.127. The van der Waals surface area contributed by atoms with Crippen molar-refractivity contribution < 1.29 is 9.59 Å². The molecule has 4 rings (SSSR count). The van der Waals surface area contributed by atoms with Crippen molar-refractivity contribution in [3.8, 4) is 0 Å². The maximum absolute atomic E-state index is 12.5. The monoisotopic (exact) mass is 382 g/mol. The second-order valence-electron chi connectivity index (χ2n) is 7.27. The van der Waals surface area contributed by atoms with Crippen molar-refractivity contribution in [2.75, 3.05) is 0 Å². The van der Waals surface area contributed by atoms with Crippen LogP contribution in [-0.4, -0.2) is 17.9 Å². The molecule has 2 amide bonds. The first-order valence-electron chi connectivity index (χ1n) is 9.62. The Kier molecular flexibility index (Phi) is 5.25. The van der Waals surface area contributed by atoms with Crippen molar-refractivity contribution in [2.45, 2.75) is 18.9 Å². The quantitative estimate of drug-likeness (QED) is 0.533. The van der Waals surface area contributed by atoms with Crippen LogP contribution >= 0.6 is 0 Å². The third-order valence-corrected chi connectivity index (χ3v) is 5.11. The molecular formula is C25H22N2O2. The zero-order valence-electron chi connectivity index (χ0n) is 16.0. The SMILES string of the molecule is NC(=O)[C@@H](Cc1ccc2ccccc2c1)NC(=O)Cc1ccc2ccccc2c1. The van der Waals surface area contributed by atoms with Gasteiger partial charge in [0.15, 0.2) is 0 Å². The Morgan fingerprint density at radius 2 is 1.24 bits per heavy atom. The van der Waals surface area contributed by atoms with E-state index in [1.54, 1.807) is 0 Å². The molecule has 4 aromatic rings. The van der Waals surface area contributed by atoms with Gasteiger partial charge in [0.1, 0.15) is 6.04 Å². The minimum absolute atomic E-state index is 0.201. The number of rotatable bonds is 6. The van der Waals surface area contributed by atoms with Crippen LogP contribution in [0, 0.1) is 0 Å². The van der Waals surface area contributed by atoms with Crippen molar-refractivity contribution in [2.24, 2.45) is 5.73 Å². The second kappa shape index (κ2) is 8.15. The Morgan fingerprint density at radius 3 is 1.83 bits per heavy atom. The van der Waals surface area contributed by atoms with Crippen LogP contribution in [0.25, 0.3) is 21.5 Å². The second-order valence-corrected chi connectivity index (χ2v) is 7.27. The molecule has 1 atom stereocenters. The molecule has 0 aliphatic carbocycles. The number of hydrogen-bond donors (Lipinski definition) is 2. The number of primary amides is 1. The Hall–Kier alpha value is -3.66. The first-order chi connectivity index (χ1) is 14.1. The van der Waals surface area contributed by atoms with Crippen LogP contribution in [0.3, 0.4) is 0 Å². The zero-order chi connectivity index (χ0) is 20.2. The molecule has 0 aromatic heterocycles. The molecular weight excluding hydrogens is 360 g/mol. The third-order valence-electron chi connectivity index (χ3n) is 5.11. The van der Waals surface area contributed by atoms with Gasteiger partial charge in [-0.05, 0) is 32.7 Å². The molecule has 0 saturated heterocycles. The van der Waals surface area contributed by atoms with E-state index in [-0.39, 0.29) is 12.3 Å². The number of fused-ring (bicyclic) bond motifs is 2. The van der Waals surface area contributed by atoms with E-state index in [0.717, 1.165) is 32.7 Å². The lowest BCUT2D eigenvalue weighted by Gasteiger charge is -2.16. The molecule has 4 nitrogen and oxygen atoms in total. The van der Waals surface area contributed by atoms with Crippen LogP contribution in [0.1, 0.15) is 11.1 Å². The number of carbonyl (C=O) groups excluding carboxylic acids is 2. The van der Waals surface area contributed by atoms with Crippen LogP contribution in [0.5, 0.6) is 0 Å². The molecule has 29 heavy (non-hydrogen) atoms. The van der Waals surface area contributed by atoms with Crippen LogP contribution in [-0.2, 0) is 22.4 Å². The fourth-order valence-electron chi connectivity index (χ4n) is 3.60. The molecule has 0 saturated carbocycles. The molecule has 0 aliphatic heterocycles. The molecule has 3 N–H and O–H groups in total. The normalized spacial score (nSPS) is 12.0. The van der Waals surface area contributed by atoms with Crippen molar-refractivity contribution in [1.82, 2.24) is 5.32 Å². The van der Waals surface area contributed by atoms with Gasteiger partial charge in [0.25, 0.3) is 0 Å². The molecule has 144 valence electrons. The van der Waals surface area contributed by atoms with E-state index >= 15 is 0 Å². The predicted octanol–water partition coefficient (Wildman–Crippen LogP) is 3.75. The summed E-state index contributed by atoms with van der Waals surface area (Å²) in [5, 5.41) is 7.23. The smallest absolute Gasteiger partial charge is 0.240 e. The first kappa shape index (κ1) is 18.7. The van der Waals surface area contributed by atoms with Crippen molar-refractivity contribution in [3.05, 3.63) is 96.1 Å². The fourth-order valence-corrected chi connectivity index (χ4v) is 3.60. The summed E-state index contributed by atoms with van der Waals surface area (Å²) in [4.78, 5) is 24.5. The average Bonchev–Trinajstić information content (AvgIpc) is 2.73. The third kappa shape index (κ3) is 4.43. The molecule has 4 heteroatoms. The number of nitrogens with one attached hydrogen (secondary N) is 1. The highest BCUT2D eigenvalue weighted by Gasteiger charge is 2.19. The lowest BCUT2D eigenvalue weighted by Crippen LogP contribution is -2.46. The van der Waals surface area contributed by atoms with Gasteiger partial charge in [-0.1, -0.05) is 84.9 Å².